The maximum absolute atomic E-state index is 5.96. The molecule has 0 amide bonds. The number of aromatic nitrogens is 6. The number of imidazole rings is 1. The van der Waals surface area contributed by atoms with Crippen molar-refractivity contribution in [3.05, 3.63) is 95.5 Å². The number of fused-ring (bicyclic) bond motifs is 9. The lowest BCUT2D eigenvalue weighted by Crippen LogP contribution is -1.94. The molecule has 0 saturated heterocycles. The molecule has 11 nitrogen and oxygen atoms in total. The molecule has 53 heavy (non-hydrogen) atoms. The van der Waals surface area contributed by atoms with Crippen molar-refractivity contribution in [3.8, 4) is 0 Å². The Kier molecular flexibility index (Phi) is 10.6. The van der Waals surface area contributed by atoms with E-state index in [1.165, 1.54) is 0 Å². The largest absolute Gasteiger partial charge is 0.457 e. The number of nitrogen functional groups attached to an aromatic ring is 3. The Hall–Kier alpha value is -5.85. The average Bonchev–Trinajstić information content (AvgIpc) is 3.92. The first-order valence-corrected chi connectivity index (χ1v) is 18.8. The van der Waals surface area contributed by atoms with Crippen LogP contribution in [0.15, 0.2) is 83.3 Å². The van der Waals surface area contributed by atoms with Crippen LogP contribution in [0.1, 0.15) is 56.6 Å². The zero-order valence-corrected chi connectivity index (χ0v) is 31.0. The van der Waals surface area contributed by atoms with Crippen LogP contribution < -0.4 is 17.2 Å². The van der Waals surface area contributed by atoms with E-state index >= 15 is 0 Å². The minimum Gasteiger partial charge on any atom is -0.457 e. The Morgan fingerprint density at radius 1 is 0.660 bits per heavy atom. The molecule has 9 rings (SSSR count). The van der Waals surface area contributed by atoms with Crippen molar-refractivity contribution in [3.63, 3.8) is 0 Å². The summed E-state index contributed by atoms with van der Waals surface area (Å²) in [7, 11) is 0. The van der Waals surface area contributed by atoms with Gasteiger partial charge in [0.25, 0.3) is 0 Å². The van der Waals surface area contributed by atoms with Gasteiger partial charge in [-0.25, -0.2) is 24.9 Å². The molecule has 0 bridgehead atoms. The van der Waals surface area contributed by atoms with E-state index < -0.39 is 0 Å². The topological polar surface area (TPSA) is 181 Å². The number of benzene rings is 3. The average molecular weight is 726 g/mol. The fraction of sp³-hybridized carbons (Fsp3) is 0.244. The van der Waals surface area contributed by atoms with Crippen LogP contribution in [-0.4, -0.2) is 36.5 Å². The fourth-order valence-electron chi connectivity index (χ4n) is 6.30. The molecule has 6 aromatic heterocycles. The smallest absolute Gasteiger partial charge is 0.176 e. The molecule has 0 spiro atoms. The number of H-pyrrole nitrogens is 1. The second-order valence-corrected chi connectivity index (χ2v) is 13.8. The van der Waals surface area contributed by atoms with Gasteiger partial charge >= 0.3 is 0 Å². The highest BCUT2D eigenvalue weighted by molar-refractivity contribution is 7.19. The number of nitrogens with one attached hydrogen (secondary N) is 1. The maximum atomic E-state index is 5.96. The highest BCUT2D eigenvalue weighted by Gasteiger charge is 2.14. The van der Waals surface area contributed by atoms with Crippen LogP contribution in [0, 0.1) is 0 Å². The summed E-state index contributed by atoms with van der Waals surface area (Å²) in [5.41, 5.74) is 23.8. The lowest BCUT2D eigenvalue weighted by Gasteiger charge is -2.00. The van der Waals surface area contributed by atoms with Gasteiger partial charge in [-0.05, 0) is 50.5 Å². The van der Waals surface area contributed by atoms with Crippen molar-refractivity contribution < 1.29 is 9.15 Å². The van der Waals surface area contributed by atoms with E-state index in [1.54, 1.807) is 11.3 Å². The van der Waals surface area contributed by atoms with Gasteiger partial charge in [0.2, 0.25) is 0 Å². The van der Waals surface area contributed by atoms with E-state index in [9.17, 15) is 0 Å². The highest BCUT2D eigenvalue weighted by atomic mass is 32.1. The molecule has 7 N–H and O–H groups in total. The van der Waals surface area contributed by atoms with Crippen molar-refractivity contribution in [2.75, 3.05) is 23.8 Å². The third-order valence-electron chi connectivity index (χ3n) is 8.85. The molecule has 9 aromatic rings. The van der Waals surface area contributed by atoms with Gasteiger partial charge in [-0.1, -0.05) is 74.9 Å². The number of nitrogens with two attached hydrogens (primary N) is 3. The third-order valence-corrected chi connectivity index (χ3v) is 10.00. The summed E-state index contributed by atoms with van der Waals surface area (Å²) in [4.78, 5) is 25.4. The molecule has 12 heteroatoms. The van der Waals surface area contributed by atoms with Gasteiger partial charge in [0.05, 0.1) is 26.3 Å². The van der Waals surface area contributed by atoms with Crippen LogP contribution in [0.2, 0.25) is 0 Å². The fourth-order valence-corrected chi connectivity index (χ4v) is 7.51. The Bertz CT molecular complexity index is 2560. The number of thiazole rings is 1. The third kappa shape index (κ3) is 7.41. The van der Waals surface area contributed by atoms with Crippen LogP contribution in [0.4, 0.5) is 17.5 Å². The molecule has 270 valence electrons. The van der Waals surface area contributed by atoms with E-state index in [0.29, 0.717) is 30.7 Å². The number of unbranched alkanes of at least 4 members (excludes halogenated alkanes) is 1. The number of nitrogens with zero attached hydrogens (tertiary/aromatic N) is 5. The van der Waals surface area contributed by atoms with Gasteiger partial charge in [-0.2, -0.15) is 0 Å². The van der Waals surface area contributed by atoms with Crippen molar-refractivity contribution in [1.82, 2.24) is 29.9 Å². The lowest BCUT2D eigenvalue weighted by atomic mass is 10.1. The summed E-state index contributed by atoms with van der Waals surface area (Å²) >= 11 is 1.73. The van der Waals surface area contributed by atoms with Crippen molar-refractivity contribution in [1.29, 1.82) is 0 Å². The lowest BCUT2D eigenvalue weighted by molar-refractivity contribution is 0.129. The molecule has 0 fully saturated rings. The highest BCUT2D eigenvalue weighted by Crippen LogP contribution is 2.33. The molecule has 6 heterocycles. The minimum atomic E-state index is 0.457. The van der Waals surface area contributed by atoms with Crippen LogP contribution in [0.3, 0.4) is 0 Å². The predicted octanol–water partition coefficient (Wildman–Crippen LogP) is 9.51. The van der Waals surface area contributed by atoms with Crippen LogP contribution in [0.25, 0.3) is 64.9 Å². The van der Waals surface area contributed by atoms with Gasteiger partial charge in [0.1, 0.15) is 40.6 Å². The summed E-state index contributed by atoms with van der Waals surface area (Å²) in [6.45, 7) is 7.40. The van der Waals surface area contributed by atoms with Gasteiger partial charge in [-0.15, -0.1) is 11.3 Å². The molecule has 0 aliphatic carbocycles. The monoisotopic (exact) mass is 725 g/mol. The number of anilines is 3. The number of pyridine rings is 3. The number of para-hydroxylation sites is 3. The van der Waals surface area contributed by atoms with Gasteiger partial charge in [0, 0.05) is 34.6 Å². The predicted molar refractivity (Wildman–Crippen MR) is 219 cm³/mol. The van der Waals surface area contributed by atoms with Crippen molar-refractivity contribution in [2.45, 2.75) is 59.5 Å². The number of ether oxygens (including phenoxy) is 1. The molecule has 0 saturated carbocycles. The first kappa shape index (κ1) is 35.5. The first-order valence-electron chi connectivity index (χ1n) is 18.0. The Morgan fingerprint density at radius 2 is 1.30 bits per heavy atom. The van der Waals surface area contributed by atoms with E-state index in [0.717, 1.165) is 114 Å². The Labute approximate surface area is 310 Å². The Balaban J connectivity index is 0.000000123. The molecule has 0 aliphatic rings. The molecular weight excluding hydrogens is 683 g/mol. The molecule has 0 unspecified atom stereocenters. The summed E-state index contributed by atoms with van der Waals surface area (Å²) in [5.74, 6) is 3.26. The van der Waals surface area contributed by atoms with Gasteiger partial charge in [0.15, 0.2) is 17.2 Å². The van der Waals surface area contributed by atoms with Crippen LogP contribution >= 0.6 is 11.3 Å². The number of hydrogen-bond acceptors (Lipinski definition) is 11. The second-order valence-electron chi connectivity index (χ2n) is 12.7. The Morgan fingerprint density at radius 3 is 2.02 bits per heavy atom. The standard InChI is InChI=1S/C15H16N2O.C13H14N4O.C13H13N3S/c1-2-3-6-10-9-12-11-7-4-5-8-13(11)17-15(16)14(12)18-10;1-2-18-7-10-16-11-8-5-3-4-6-9(8)15-13(14)12(11)17-10;1-2-5-10-16-11-12(17-10)8-6-3-4-7-9(8)15-13(11)14/h4-5,7-9H,2-3,6H2,1H3,(H2,16,17);3-6H,2,7H2,1H3,(H2,14,15)(H,16,17);3-4,6-7H,2,5H2,1H3,(H2,14,15). The number of furan rings is 1. The molecule has 3 aromatic carbocycles. The summed E-state index contributed by atoms with van der Waals surface area (Å²) in [5, 5.41) is 5.47. The maximum Gasteiger partial charge on any atom is 0.176 e. The number of aryl methyl sites for hydroxylation is 2. The second kappa shape index (κ2) is 15.8. The van der Waals surface area contributed by atoms with Crippen LogP contribution in [0.5, 0.6) is 0 Å². The van der Waals surface area contributed by atoms with Gasteiger partial charge in [-0.3, -0.25) is 0 Å². The zero-order chi connectivity index (χ0) is 36.9. The quantitative estimate of drug-likeness (QED) is 0.118. The molecular formula is C41H43N9O2S. The van der Waals surface area contributed by atoms with E-state index in [-0.39, 0.29) is 0 Å². The minimum absolute atomic E-state index is 0.457. The van der Waals surface area contributed by atoms with Gasteiger partial charge < -0.3 is 31.3 Å². The zero-order valence-electron chi connectivity index (χ0n) is 30.1. The first-order chi connectivity index (χ1) is 25.9. The molecule has 0 radical (unpaired) electrons. The SMILES string of the molecule is CCCCc1cc2c(o1)c(N)nc1ccccc12.CCCc1nc2c(N)nc3ccccc3c2s1.CCOCc1nc2c([nH]1)c(N)nc1ccccc12. The normalized spacial score (nSPS) is 11.4. The molecule has 0 atom stereocenters. The number of hydrogen-bond donors (Lipinski definition) is 4. The van der Waals surface area contributed by atoms with Crippen molar-refractivity contribution in [2.24, 2.45) is 0 Å². The van der Waals surface area contributed by atoms with E-state index in [1.807, 2.05) is 67.6 Å². The summed E-state index contributed by atoms with van der Waals surface area (Å²) < 4.78 is 12.3. The number of aromatic amines is 1. The van der Waals surface area contributed by atoms with Crippen molar-refractivity contribution >= 4 is 93.7 Å². The molecule has 0 aliphatic heterocycles. The van der Waals surface area contributed by atoms with E-state index in [2.05, 4.69) is 62.0 Å². The summed E-state index contributed by atoms with van der Waals surface area (Å²) in [6.07, 6.45) is 5.35. The van der Waals surface area contributed by atoms with Crippen LogP contribution in [-0.2, 0) is 24.2 Å². The van der Waals surface area contributed by atoms with E-state index in [4.69, 9.17) is 26.4 Å². The summed E-state index contributed by atoms with van der Waals surface area (Å²) in [6, 6.07) is 26.0. The number of rotatable bonds is 8.